The van der Waals surface area contributed by atoms with Gasteiger partial charge in [-0.25, -0.2) is 15.0 Å². The average Bonchev–Trinajstić information content (AvgIpc) is 2.84. The zero-order chi connectivity index (χ0) is 14.8. The largest absolute Gasteiger partial charge is 0.409 e. The molecule has 2 heterocycles. The number of nitrogens with two attached hydrogens (primary N) is 1. The van der Waals surface area contributed by atoms with Crippen molar-refractivity contribution in [1.29, 1.82) is 0 Å². The molecule has 0 saturated carbocycles. The van der Waals surface area contributed by atoms with Gasteiger partial charge in [0.05, 0.1) is 17.5 Å². The van der Waals surface area contributed by atoms with Crippen molar-refractivity contribution in [2.24, 2.45) is 10.9 Å². The number of nitrogens with zero attached hydrogens (tertiary/aromatic N) is 5. The summed E-state index contributed by atoms with van der Waals surface area (Å²) in [6.07, 6.45) is 1.92. The lowest BCUT2D eigenvalue weighted by atomic mass is 10.3. The number of imidazole rings is 1. The quantitative estimate of drug-likeness (QED) is 0.327. The van der Waals surface area contributed by atoms with Gasteiger partial charge in [-0.1, -0.05) is 17.3 Å². The smallest absolute Gasteiger partial charge is 0.146 e. The maximum absolute atomic E-state index is 8.78. The lowest BCUT2D eigenvalue weighted by molar-refractivity contribution is 0.317. The highest BCUT2D eigenvalue weighted by atomic mass is 16.4. The lowest BCUT2D eigenvalue weighted by Crippen LogP contribution is -2.18. The number of fused-ring (bicyclic) bond motifs is 1. The Bertz CT molecular complexity index is 823. The molecule has 0 atom stereocenters. The van der Waals surface area contributed by atoms with Crippen molar-refractivity contribution in [2.75, 3.05) is 0 Å². The molecule has 3 rings (SSSR count). The molecule has 2 aromatic heterocycles. The molecule has 0 aliphatic heterocycles. The van der Waals surface area contributed by atoms with Gasteiger partial charge in [-0.3, -0.25) is 4.57 Å². The molecular formula is C14H14N6O. The Balaban J connectivity index is 2.25. The van der Waals surface area contributed by atoms with Crippen molar-refractivity contribution in [2.45, 2.75) is 13.3 Å². The lowest BCUT2D eigenvalue weighted by Gasteiger charge is -2.08. The second-order valence-corrected chi connectivity index (χ2v) is 4.58. The Morgan fingerprint density at radius 2 is 2.10 bits per heavy atom. The van der Waals surface area contributed by atoms with Crippen molar-refractivity contribution in [3.63, 3.8) is 0 Å². The first kappa shape index (κ1) is 13.0. The Morgan fingerprint density at radius 3 is 2.86 bits per heavy atom. The van der Waals surface area contributed by atoms with Crippen molar-refractivity contribution < 1.29 is 5.21 Å². The van der Waals surface area contributed by atoms with Crippen molar-refractivity contribution in [3.05, 3.63) is 48.2 Å². The number of aryl methyl sites for hydroxylation is 1. The molecule has 7 nitrogen and oxygen atoms in total. The van der Waals surface area contributed by atoms with Crippen molar-refractivity contribution >= 4 is 16.9 Å². The van der Waals surface area contributed by atoms with Crippen LogP contribution < -0.4 is 5.73 Å². The minimum absolute atomic E-state index is 0.0948. The van der Waals surface area contributed by atoms with Gasteiger partial charge in [-0.15, -0.1) is 0 Å². The fraction of sp³-hybridized carbons (Fsp3) is 0.143. The van der Waals surface area contributed by atoms with E-state index in [0.717, 1.165) is 11.0 Å². The summed E-state index contributed by atoms with van der Waals surface area (Å²) in [5.74, 6) is 2.12. The minimum atomic E-state index is 0.0948. The monoisotopic (exact) mass is 282 g/mol. The fourth-order valence-electron chi connectivity index (χ4n) is 2.22. The summed E-state index contributed by atoms with van der Waals surface area (Å²) in [7, 11) is 0. The minimum Gasteiger partial charge on any atom is -0.409 e. The molecule has 0 aliphatic rings. The van der Waals surface area contributed by atoms with Gasteiger partial charge in [0.1, 0.15) is 23.3 Å². The molecule has 1 aromatic carbocycles. The zero-order valence-corrected chi connectivity index (χ0v) is 11.4. The molecule has 3 N–H and O–H groups in total. The van der Waals surface area contributed by atoms with Gasteiger partial charge in [0.25, 0.3) is 0 Å². The van der Waals surface area contributed by atoms with Crippen LogP contribution in [0.25, 0.3) is 16.9 Å². The fourth-order valence-corrected chi connectivity index (χ4v) is 2.22. The van der Waals surface area contributed by atoms with E-state index < -0.39 is 0 Å². The predicted octanol–water partition coefficient (Wildman–Crippen LogP) is 1.41. The second kappa shape index (κ2) is 5.20. The van der Waals surface area contributed by atoms with Gasteiger partial charge in [0.2, 0.25) is 0 Å². The Hall–Kier alpha value is -2.96. The summed E-state index contributed by atoms with van der Waals surface area (Å²) < 4.78 is 1.89. The molecule has 0 saturated heterocycles. The third kappa shape index (κ3) is 2.40. The van der Waals surface area contributed by atoms with E-state index >= 15 is 0 Å². The summed E-state index contributed by atoms with van der Waals surface area (Å²) in [5, 5.41) is 11.8. The van der Waals surface area contributed by atoms with Gasteiger partial charge >= 0.3 is 0 Å². The molecule has 0 fully saturated rings. The van der Waals surface area contributed by atoms with Crippen LogP contribution in [-0.4, -0.2) is 30.6 Å². The summed E-state index contributed by atoms with van der Waals surface area (Å²) in [4.78, 5) is 13.1. The van der Waals surface area contributed by atoms with E-state index in [1.807, 2.05) is 35.8 Å². The SMILES string of the molecule is Cc1nccc(-n2c(CC(N)=NO)nc3ccccc32)n1. The van der Waals surface area contributed by atoms with E-state index in [1.165, 1.54) is 0 Å². The van der Waals surface area contributed by atoms with E-state index in [9.17, 15) is 0 Å². The van der Waals surface area contributed by atoms with Crippen molar-refractivity contribution in [1.82, 2.24) is 19.5 Å². The van der Waals surface area contributed by atoms with Crippen LogP contribution in [0.4, 0.5) is 0 Å². The van der Waals surface area contributed by atoms with Crippen LogP contribution in [0.15, 0.2) is 41.7 Å². The number of benzene rings is 1. The number of rotatable bonds is 3. The van der Waals surface area contributed by atoms with Crippen LogP contribution >= 0.6 is 0 Å². The molecule has 0 bridgehead atoms. The summed E-state index contributed by atoms with van der Waals surface area (Å²) in [6.45, 7) is 1.83. The van der Waals surface area contributed by atoms with Crippen molar-refractivity contribution in [3.8, 4) is 5.82 Å². The maximum atomic E-state index is 8.78. The molecule has 21 heavy (non-hydrogen) atoms. The number of hydrogen-bond acceptors (Lipinski definition) is 5. The van der Waals surface area contributed by atoms with Crippen LogP contribution in [0.1, 0.15) is 11.6 Å². The predicted molar refractivity (Wildman–Crippen MR) is 78.5 cm³/mol. The Morgan fingerprint density at radius 1 is 1.29 bits per heavy atom. The molecule has 0 spiro atoms. The highest BCUT2D eigenvalue weighted by Crippen LogP contribution is 2.20. The highest BCUT2D eigenvalue weighted by Gasteiger charge is 2.14. The molecular weight excluding hydrogens is 268 g/mol. The van der Waals surface area contributed by atoms with Crippen LogP contribution in [0.5, 0.6) is 0 Å². The molecule has 0 radical (unpaired) electrons. The topological polar surface area (TPSA) is 102 Å². The van der Waals surface area contributed by atoms with Crippen LogP contribution in [0, 0.1) is 6.92 Å². The third-order valence-electron chi connectivity index (χ3n) is 3.09. The number of oxime groups is 1. The summed E-state index contributed by atoms with van der Waals surface area (Å²) >= 11 is 0. The first-order valence-corrected chi connectivity index (χ1v) is 6.42. The van der Waals surface area contributed by atoms with Gasteiger partial charge in [0.15, 0.2) is 0 Å². The third-order valence-corrected chi connectivity index (χ3v) is 3.09. The number of para-hydroxylation sites is 2. The Labute approximate surface area is 120 Å². The molecule has 0 amide bonds. The first-order chi connectivity index (χ1) is 10.2. The zero-order valence-electron chi connectivity index (χ0n) is 11.4. The van der Waals surface area contributed by atoms with Crippen LogP contribution in [0.3, 0.4) is 0 Å². The summed E-state index contributed by atoms with van der Waals surface area (Å²) in [6, 6.07) is 9.52. The molecule has 106 valence electrons. The Kier molecular flexibility index (Phi) is 3.23. The molecule has 3 aromatic rings. The van der Waals surface area contributed by atoms with Gasteiger partial charge in [-0.05, 0) is 25.1 Å². The van der Waals surface area contributed by atoms with Crippen LogP contribution in [0.2, 0.25) is 0 Å². The second-order valence-electron chi connectivity index (χ2n) is 4.58. The van der Waals surface area contributed by atoms with E-state index in [0.29, 0.717) is 17.5 Å². The normalized spacial score (nSPS) is 12.0. The molecule has 0 unspecified atom stereocenters. The number of hydrogen-bond donors (Lipinski definition) is 2. The van der Waals surface area contributed by atoms with Gasteiger partial charge in [0, 0.05) is 6.20 Å². The molecule has 7 heteroatoms. The van der Waals surface area contributed by atoms with Crippen LogP contribution in [-0.2, 0) is 6.42 Å². The van der Waals surface area contributed by atoms with E-state index in [2.05, 4.69) is 20.1 Å². The molecule has 0 aliphatic carbocycles. The standard InChI is InChI=1S/C14H14N6O/c1-9-16-7-6-13(17-9)20-11-5-3-2-4-10(11)18-14(20)8-12(15)19-21/h2-7,21H,8H2,1H3,(H2,15,19). The first-order valence-electron chi connectivity index (χ1n) is 6.42. The average molecular weight is 282 g/mol. The highest BCUT2D eigenvalue weighted by molar-refractivity contribution is 5.84. The summed E-state index contributed by atoms with van der Waals surface area (Å²) in [5.41, 5.74) is 7.36. The van der Waals surface area contributed by atoms with E-state index in [4.69, 9.17) is 10.9 Å². The number of aromatic nitrogens is 4. The maximum Gasteiger partial charge on any atom is 0.146 e. The van der Waals surface area contributed by atoms with E-state index in [1.54, 1.807) is 12.3 Å². The van der Waals surface area contributed by atoms with Gasteiger partial charge in [-0.2, -0.15) is 0 Å². The number of amidine groups is 1. The van der Waals surface area contributed by atoms with Gasteiger partial charge < -0.3 is 10.9 Å². The van der Waals surface area contributed by atoms with E-state index in [-0.39, 0.29) is 12.3 Å².